The van der Waals surface area contributed by atoms with Crippen molar-refractivity contribution in [3.05, 3.63) is 102 Å². The van der Waals surface area contributed by atoms with Crippen LogP contribution in [0.1, 0.15) is 51.7 Å². The average molecular weight is 760 g/mol. The standard InChI is InChI=1S/C39H42FN5O8S/c1-23(2)35(52-36(47)39(4,5)41)53-38(48)45(31-18-17-30(54(7,49)50)21-33(31)51-6)37-42-34-19-14-28(22-44(34)43-37)27-10-8-25(9-11-27)20-32(46)24(3)26-12-15-29(40)16-13-26/h8-19,21-24,35H,20,41H2,1-7H3/t24-,35?/m1/s1. The molecule has 0 radical (unpaired) electrons. The summed E-state index contributed by atoms with van der Waals surface area (Å²) >= 11 is 0. The van der Waals surface area contributed by atoms with Crippen LogP contribution in [-0.4, -0.2) is 66.1 Å². The van der Waals surface area contributed by atoms with E-state index in [2.05, 4.69) is 10.1 Å². The summed E-state index contributed by atoms with van der Waals surface area (Å²) in [6, 6.07) is 20.8. The van der Waals surface area contributed by atoms with Crippen molar-refractivity contribution in [1.29, 1.82) is 0 Å². The van der Waals surface area contributed by atoms with Crippen LogP contribution < -0.4 is 15.4 Å². The molecule has 0 aliphatic rings. The van der Waals surface area contributed by atoms with E-state index in [4.69, 9.17) is 19.9 Å². The van der Waals surface area contributed by atoms with E-state index in [1.807, 2.05) is 30.3 Å². The van der Waals surface area contributed by atoms with Crippen LogP contribution in [-0.2, 0) is 35.3 Å². The Bertz CT molecular complexity index is 2280. The van der Waals surface area contributed by atoms with Crippen molar-refractivity contribution in [2.24, 2.45) is 11.7 Å². The van der Waals surface area contributed by atoms with Crippen molar-refractivity contribution < 1.29 is 41.4 Å². The van der Waals surface area contributed by atoms with E-state index in [1.54, 1.807) is 45.2 Å². The minimum absolute atomic E-state index is 0.00114. The molecule has 15 heteroatoms. The van der Waals surface area contributed by atoms with E-state index in [0.717, 1.165) is 33.4 Å². The third kappa shape index (κ3) is 9.09. The Morgan fingerprint density at radius 1 is 0.926 bits per heavy atom. The number of rotatable bonds is 13. The van der Waals surface area contributed by atoms with Crippen molar-refractivity contribution in [2.45, 2.75) is 63.7 Å². The number of ketones is 1. The minimum Gasteiger partial charge on any atom is -0.495 e. The van der Waals surface area contributed by atoms with Crippen molar-refractivity contribution in [3.63, 3.8) is 0 Å². The fourth-order valence-electron chi connectivity index (χ4n) is 5.31. The Kier molecular flexibility index (Phi) is 11.5. The van der Waals surface area contributed by atoms with Gasteiger partial charge in [-0.25, -0.2) is 31.8 Å². The molecule has 0 fully saturated rings. The van der Waals surface area contributed by atoms with E-state index in [9.17, 15) is 27.2 Å². The number of aromatic nitrogens is 3. The number of nitrogens with two attached hydrogens (primary N) is 1. The first kappa shape index (κ1) is 39.5. The van der Waals surface area contributed by atoms with Gasteiger partial charge in [-0.05, 0) is 66.9 Å². The Morgan fingerprint density at radius 3 is 2.17 bits per heavy atom. The van der Waals surface area contributed by atoms with Gasteiger partial charge in [0.1, 0.15) is 22.9 Å². The topological polar surface area (TPSA) is 172 Å². The first-order chi connectivity index (χ1) is 25.3. The molecule has 2 atom stereocenters. The maximum atomic E-state index is 14.0. The second-order valence-electron chi connectivity index (χ2n) is 13.8. The van der Waals surface area contributed by atoms with Gasteiger partial charge < -0.3 is 19.9 Å². The number of Topliss-reactive ketones (excluding diaryl/α,β-unsaturated/α-hetero) is 1. The Labute approximate surface area is 312 Å². The van der Waals surface area contributed by atoms with E-state index in [0.29, 0.717) is 5.65 Å². The molecular formula is C39H42FN5O8S. The molecule has 284 valence electrons. The first-order valence-corrected chi connectivity index (χ1v) is 18.9. The SMILES string of the molecule is COc1cc(S(C)(=O)=O)ccc1N(C(=O)OC(OC(=O)C(C)(C)N)C(C)C)c1nc2ccc(-c3ccc(CC(=O)[C@H](C)c4ccc(F)cc4)cc3)cn2n1. The smallest absolute Gasteiger partial charge is 0.424 e. The number of pyridine rings is 1. The van der Waals surface area contributed by atoms with Crippen molar-refractivity contribution in [1.82, 2.24) is 14.6 Å². The normalized spacial score (nSPS) is 13.0. The summed E-state index contributed by atoms with van der Waals surface area (Å²) in [6.45, 7) is 8.08. The molecule has 54 heavy (non-hydrogen) atoms. The third-order valence-corrected chi connectivity index (χ3v) is 9.66. The maximum Gasteiger partial charge on any atom is 0.424 e. The first-order valence-electron chi connectivity index (χ1n) is 17.0. The van der Waals surface area contributed by atoms with Crippen LogP contribution in [0.3, 0.4) is 0 Å². The largest absolute Gasteiger partial charge is 0.495 e. The molecule has 1 unspecified atom stereocenters. The molecule has 2 heterocycles. The second kappa shape index (κ2) is 15.7. The van der Waals surface area contributed by atoms with E-state index in [1.165, 1.54) is 55.8 Å². The molecule has 2 aromatic heterocycles. The number of ether oxygens (including phenoxy) is 3. The summed E-state index contributed by atoms with van der Waals surface area (Å²) < 4.78 is 56.2. The van der Waals surface area contributed by atoms with Crippen molar-refractivity contribution >= 4 is 45.0 Å². The van der Waals surface area contributed by atoms with Gasteiger partial charge in [0.2, 0.25) is 0 Å². The number of esters is 1. The molecule has 13 nitrogen and oxygen atoms in total. The summed E-state index contributed by atoms with van der Waals surface area (Å²) in [4.78, 5) is 45.1. The molecule has 5 rings (SSSR count). The van der Waals surface area contributed by atoms with Crippen LogP contribution in [0.5, 0.6) is 5.75 Å². The minimum atomic E-state index is -3.65. The molecule has 0 saturated heterocycles. The number of sulfone groups is 1. The molecule has 2 N–H and O–H groups in total. The molecule has 3 aromatic carbocycles. The molecule has 0 aliphatic carbocycles. The Hall–Kier alpha value is -5.67. The van der Waals surface area contributed by atoms with Crippen LogP contribution in [0, 0.1) is 11.7 Å². The monoisotopic (exact) mass is 759 g/mol. The fourth-order valence-corrected chi connectivity index (χ4v) is 5.95. The van der Waals surface area contributed by atoms with Gasteiger partial charge in [0.05, 0.1) is 17.7 Å². The number of amides is 1. The number of carbonyl (C=O) groups excluding carboxylic acids is 3. The van der Waals surface area contributed by atoms with Gasteiger partial charge in [0.15, 0.2) is 15.5 Å². The number of carbonyl (C=O) groups is 3. The lowest BCUT2D eigenvalue weighted by molar-refractivity contribution is -0.179. The van der Waals surface area contributed by atoms with Crippen molar-refractivity contribution in [3.8, 4) is 16.9 Å². The van der Waals surface area contributed by atoms with Crippen LogP contribution in [0.25, 0.3) is 16.8 Å². The lowest BCUT2D eigenvalue weighted by atomic mass is 9.92. The molecule has 5 aromatic rings. The number of nitrogens with zero attached hydrogens (tertiary/aromatic N) is 4. The highest BCUT2D eigenvalue weighted by molar-refractivity contribution is 7.90. The second-order valence-corrected chi connectivity index (χ2v) is 15.8. The van der Waals surface area contributed by atoms with Gasteiger partial charge in [0.25, 0.3) is 12.2 Å². The van der Waals surface area contributed by atoms with Gasteiger partial charge in [-0.2, -0.15) is 4.98 Å². The fraction of sp³-hybridized carbons (Fsp3) is 0.308. The number of halogens is 1. The Balaban J connectivity index is 1.46. The number of hydrogen-bond acceptors (Lipinski definition) is 11. The van der Waals surface area contributed by atoms with Gasteiger partial charge in [-0.15, -0.1) is 5.10 Å². The van der Waals surface area contributed by atoms with E-state index >= 15 is 0 Å². The zero-order chi connectivity index (χ0) is 39.5. The third-order valence-electron chi connectivity index (χ3n) is 8.55. The van der Waals surface area contributed by atoms with Crippen LogP contribution in [0.2, 0.25) is 0 Å². The highest BCUT2D eigenvalue weighted by Gasteiger charge is 2.34. The molecule has 1 amide bonds. The van der Waals surface area contributed by atoms with E-state index in [-0.39, 0.29) is 40.3 Å². The number of benzene rings is 3. The summed E-state index contributed by atoms with van der Waals surface area (Å²) in [7, 11) is -2.33. The molecule has 0 bridgehead atoms. The molecule has 0 spiro atoms. The lowest BCUT2D eigenvalue weighted by Crippen LogP contribution is -2.46. The van der Waals surface area contributed by atoms with E-state index < -0.39 is 45.6 Å². The Morgan fingerprint density at radius 2 is 1.57 bits per heavy atom. The lowest BCUT2D eigenvalue weighted by Gasteiger charge is -2.28. The number of methoxy groups -OCH3 is 1. The van der Waals surface area contributed by atoms with Crippen LogP contribution in [0.4, 0.5) is 20.8 Å². The zero-order valence-electron chi connectivity index (χ0n) is 30.9. The number of hydrogen-bond donors (Lipinski definition) is 1. The zero-order valence-corrected chi connectivity index (χ0v) is 31.8. The summed E-state index contributed by atoms with van der Waals surface area (Å²) in [5, 5.41) is 4.57. The highest BCUT2D eigenvalue weighted by Crippen LogP contribution is 2.36. The number of fused-ring (bicyclic) bond motifs is 1. The predicted molar refractivity (Wildman–Crippen MR) is 200 cm³/mol. The maximum absolute atomic E-state index is 14.0. The van der Waals surface area contributed by atoms with Gasteiger partial charge >= 0.3 is 12.1 Å². The quantitative estimate of drug-likeness (QED) is 0.104. The van der Waals surface area contributed by atoms with Crippen LogP contribution >= 0.6 is 0 Å². The average Bonchev–Trinajstić information content (AvgIpc) is 3.53. The summed E-state index contributed by atoms with van der Waals surface area (Å²) in [5.74, 6) is -2.20. The summed E-state index contributed by atoms with van der Waals surface area (Å²) in [5.41, 5.74) is 8.07. The van der Waals surface area contributed by atoms with Gasteiger partial charge in [-0.1, -0.05) is 57.2 Å². The van der Waals surface area contributed by atoms with Crippen molar-refractivity contribution in [2.75, 3.05) is 18.3 Å². The highest BCUT2D eigenvalue weighted by atomic mass is 32.2. The number of anilines is 2. The van der Waals surface area contributed by atoms with Crippen LogP contribution in [0.15, 0.2) is 90.0 Å². The molecule has 0 saturated carbocycles. The summed E-state index contributed by atoms with van der Waals surface area (Å²) in [6.07, 6.45) is 0.546. The predicted octanol–water partition coefficient (Wildman–Crippen LogP) is 6.40. The molecule has 0 aliphatic heterocycles. The molecular weight excluding hydrogens is 718 g/mol. The van der Waals surface area contributed by atoms with Gasteiger partial charge in [0, 0.05) is 42.3 Å². The van der Waals surface area contributed by atoms with Gasteiger partial charge in [-0.3, -0.25) is 4.79 Å².